The maximum atomic E-state index is 12.4. The number of nitrogens with one attached hydrogen (secondary N) is 1. The van der Waals surface area contributed by atoms with Crippen LogP contribution in [-0.4, -0.2) is 24.1 Å². The molecular formula is C24H21N5O. The number of hydrogen-bond acceptors (Lipinski definition) is 3. The highest BCUT2D eigenvalue weighted by atomic mass is 16.1. The first-order valence-corrected chi connectivity index (χ1v) is 9.76. The fourth-order valence-electron chi connectivity index (χ4n) is 3.89. The summed E-state index contributed by atoms with van der Waals surface area (Å²) in [5.41, 5.74) is 7.72. The van der Waals surface area contributed by atoms with Crippen LogP contribution in [0.15, 0.2) is 71.8 Å². The SMILES string of the molecule is Cc1cccc(-c2nc(-c3ccncc3)[nH]c2-c2ccc3c(c2)n(C)c(=O)n3C)c1. The van der Waals surface area contributed by atoms with Crippen LogP contribution in [0, 0.1) is 6.92 Å². The van der Waals surface area contributed by atoms with Gasteiger partial charge in [0.2, 0.25) is 0 Å². The molecule has 5 aromatic rings. The molecule has 0 saturated heterocycles. The molecule has 1 N–H and O–H groups in total. The number of nitrogens with zero attached hydrogens (tertiary/aromatic N) is 4. The van der Waals surface area contributed by atoms with Crippen molar-refractivity contribution in [1.29, 1.82) is 0 Å². The number of hydrogen-bond donors (Lipinski definition) is 1. The van der Waals surface area contributed by atoms with E-state index in [2.05, 4.69) is 35.1 Å². The zero-order valence-corrected chi connectivity index (χ0v) is 17.0. The average molecular weight is 395 g/mol. The van der Waals surface area contributed by atoms with Gasteiger partial charge < -0.3 is 4.98 Å². The summed E-state index contributed by atoms with van der Waals surface area (Å²) in [5, 5.41) is 0. The van der Waals surface area contributed by atoms with Crippen LogP contribution in [0.5, 0.6) is 0 Å². The van der Waals surface area contributed by atoms with Gasteiger partial charge in [-0.1, -0.05) is 29.8 Å². The summed E-state index contributed by atoms with van der Waals surface area (Å²) in [6, 6.07) is 18.3. The van der Waals surface area contributed by atoms with E-state index in [4.69, 9.17) is 4.98 Å². The van der Waals surface area contributed by atoms with Crippen LogP contribution >= 0.6 is 0 Å². The third-order valence-corrected chi connectivity index (χ3v) is 5.51. The zero-order valence-electron chi connectivity index (χ0n) is 17.0. The topological polar surface area (TPSA) is 68.5 Å². The third-order valence-electron chi connectivity index (χ3n) is 5.51. The Bertz CT molecular complexity index is 1440. The minimum Gasteiger partial charge on any atom is -0.337 e. The molecule has 30 heavy (non-hydrogen) atoms. The van der Waals surface area contributed by atoms with Crippen molar-refractivity contribution < 1.29 is 0 Å². The van der Waals surface area contributed by atoms with E-state index >= 15 is 0 Å². The normalized spacial score (nSPS) is 11.3. The Balaban J connectivity index is 1.76. The second kappa shape index (κ2) is 6.84. The van der Waals surface area contributed by atoms with Gasteiger partial charge in [-0.15, -0.1) is 0 Å². The van der Waals surface area contributed by atoms with Crippen LogP contribution in [0.25, 0.3) is 44.9 Å². The number of fused-ring (bicyclic) bond motifs is 1. The minimum absolute atomic E-state index is 0.0388. The Hall–Kier alpha value is -3.93. The Morgan fingerprint density at radius 3 is 2.37 bits per heavy atom. The van der Waals surface area contributed by atoms with Crippen molar-refractivity contribution in [1.82, 2.24) is 24.1 Å². The number of rotatable bonds is 3. The second-order valence-corrected chi connectivity index (χ2v) is 7.52. The first-order chi connectivity index (χ1) is 14.5. The third kappa shape index (κ3) is 2.85. The van der Waals surface area contributed by atoms with Gasteiger partial charge in [0, 0.05) is 43.2 Å². The van der Waals surface area contributed by atoms with Crippen LogP contribution in [0.3, 0.4) is 0 Å². The highest BCUT2D eigenvalue weighted by molar-refractivity contribution is 5.87. The number of aromatic nitrogens is 5. The number of aryl methyl sites for hydroxylation is 3. The quantitative estimate of drug-likeness (QED) is 0.495. The zero-order chi connectivity index (χ0) is 20.8. The van der Waals surface area contributed by atoms with E-state index in [0.29, 0.717) is 0 Å². The number of imidazole rings is 2. The summed E-state index contributed by atoms with van der Waals surface area (Å²) in [6.45, 7) is 2.07. The summed E-state index contributed by atoms with van der Waals surface area (Å²) in [5.74, 6) is 0.783. The first kappa shape index (κ1) is 18.1. The maximum Gasteiger partial charge on any atom is 0.328 e. The standard InChI is InChI=1S/C24H21N5O/c1-15-5-4-6-17(13-15)21-22(27-23(26-21)16-9-11-25-12-10-16)18-7-8-19-20(14-18)29(3)24(30)28(19)2/h4-14H,1-3H3,(H,26,27). The van der Waals surface area contributed by atoms with Gasteiger partial charge >= 0.3 is 5.69 Å². The minimum atomic E-state index is -0.0388. The molecule has 148 valence electrons. The molecule has 0 fully saturated rings. The van der Waals surface area contributed by atoms with Gasteiger partial charge in [0.05, 0.1) is 22.4 Å². The van der Waals surface area contributed by atoms with Gasteiger partial charge in [0.15, 0.2) is 0 Å². The highest BCUT2D eigenvalue weighted by Gasteiger charge is 2.17. The molecule has 3 aromatic heterocycles. The lowest BCUT2D eigenvalue weighted by Gasteiger charge is -2.05. The molecule has 0 aliphatic heterocycles. The summed E-state index contributed by atoms with van der Waals surface area (Å²) in [4.78, 5) is 24.9. The molecule has 5 rings (SSSR count). The number of benzene rings is 2. The number of aromatic amines is 1. The summed E-state index contributed by atoms with van der Waals surface area (Å²) >= 11 is 0. The molecule has 0 radical (unpaired) electrons. The van der Waals surface area contributed by atoms with E-state index in [9.17, 15) is 4.79 Å². The maximum absolute atomic E-state index is 12.4. The second-order valence-electron chi connectivity index (χ2n) is 7.52. The van der Waals surface area contributed by atoms with Crippen molar-refractivity contribution in [2.75, 3.05) is 0 Å². The molecule has 0 aliphatic rings. The van der Waals surface area contributed by atoms with Crippen LogP contribution in [-0.2, 0) is 14.1 Å². The molecule has 6 heteroatoms. The predicted octanol–water partition coefficient (Wildman–Crippen LogP) is 4.30. The van der Waals surface area contributed by atoms with Gasteiger partial charge in [-0.05, 0) is 37.3 Å². The van der Waals surface area contributed by atoms with Crippen molar-refractivity contribution in [3.05, 3.63) is 83.0 Å². The fourth-order valence-corrected chi connectivity index (χ4v) is 3.89. The van der Waals surface area contributed by atoms with E-state index in [1.54, 1.807) is 35.6 Å². The Morgan fingerprint density at radius 1 is 0.833 bits per heavy atom. The molecular weight excluding hydrogens is 374 g/mol. The van der Waals surface area contributed by atoms with E-state index in [1.165, 1.54) is 5.56 Å². The van der Waals surface area contributed by atoms with Crippen LogP contribution < -0.4 is 5.69 Å². The number of pyridine rings is 1. The summed E-state index contributed by atoms with van der Waals surface area (Å²) in [6.07, 6.45) is 3.52. The van der Waals surface area contributed by atoms with Crippen molar-refractivity contribution in [2.24, 2.45) is 14.1 Å². The predicted molar refractivity (Wildman–Crippen MR) is 119 cm³/mol. The Labute approximate surface area is 173 Å². The summed E-state index contributed by atoms with van der Waals surface area (Å²) < 4.78 is 3.33. The van der Waals surface area contributed by atoms with Crippen molar-refractivity contribution in [3.63, 3.8) is 0 Å². The van der Waals surface area contributed by atoms with Crippen molar-refractivity contribution in [2.45, 2.75) is 6.92 Å². The molecule has 0 amide bonds. The lowest BCUT2D eigenvalue weighted by molar-refractivity contribution is 0.795. The first-order valence-electron chi connectivity index (χ1n) is 9.76. The molecule has 0 atom stereocenters. The largest absolute Gasteiger partial charge is 0.337 e. The molecule has 2 aromatic carbocycles. The van der Waals surface area contributed by atoms with Gasteiger partial charge in [-0.25, -0.2) is 9.78 Å². The van der Waals surface area contributed by atoms with E-state index < -0.39 is 0 Å². The van der Waals surface area contributed by atoms with Crippen molar-refractivity contribution >= 4 is 11.0 Å². The van der Waals surface area contributed by atoms with E-state index in [0.717, 1.165) is 44.9 Å². The molecule has 3 heterocycles. The molecule has 0 spiro atoms. The van der Waals surface area contributed by atoms with E-state index in [1.807, 2.05) is 36.4 Å². The fraction of sp³-hybridized carbons (Fsp3) is 0.125. The lowest BCUT2D eigenvalue weighted by atomic mass is 10.0. The van der Waals surface area contributed by atoms with Crippen LogP contribution in [0.1, 0.15) is 5.56 Å². The number of H-pyrrole nitrogens is 1. The van der Waals surface area contributed by atoms with Crippen molar-refractivity contribution in [3.8, 4) is 33.9 Å². The highest BCUT2D eigenvalue weighted by Crippen LogP contribution is 2.34. The summed E-state index contributed by atoms with van der Waals surface area (Å²) in [7, 11) is 3.59. The molecule has 0 aliphatic carbocycles. The van der Waals surface area contributed by atoms with Crippen LogP contribution in [0.2, 0.25) is 0 Å². The lowest BCUT2D eigenvalue weighted by Crippen LogP contribution is -2.19. The van der Waals surface area contributed by atoms with Gasteiger partial charge in [-0.3, -0.25) is 14.1 Å². The van der Waals surface area contributed by atoms with Gasteiger partial charge in [-0.2, -0.15) is 0 Å². The van der Waals surface area contributed by atoms with Crippen LogP contribution in [0.4, 0.5) is 0 Å². The molecule has 0 bridgehead atoms. The Kier molecular flexibility index (Phi) is 4.13. The molecule has 0 saturated carbocycles. The molecule has 0 unspecified atom stereocenters. The molecule has 6 nitrogen and oxygen atoms in total. The van der Waals surface area contributed by atoms with Gasteiger partial charge in [0.1, 0.15) is 5.82 Å². The Morgan fingerprint density at radius 2 is 1.60 bits per heavy atom. The van der Waals surface area contributed by atoms with E-state index in [-0.39, 0.29) is 5.69 Å². The van der Waals surface area contributed by atoms with Gasteiger partial charge in [0.25, 0.3) is 0 Å². The monoisotopic (exact) mass is 395 g/mol. The average Bonchev–Trinajstić information content (AvgIpc) is 3.31. The smallest absolute Gasteiger partial charge is 0.328 e.